The van der Waals surface area contributed by atoms with E-state index < -0.39 is 47.1 Å². The number of amides is 3. The summed E-state index contributed by atoms with van der Waals surface area (Å²) in [6, 6.07) is 15.1. The van der Waals surface area contributed by atoms with E-state index in [0.717, 1.165) is 10.5 Å². The zero-order valence-electron chi connectivity index (χ0n) is 21.9. The lowest BCUT2D eigenvalue weighted by Gasteiger charge is -2.37. The van der Waals surface area contributed by atoms with Crippen LogP contribution in [0.3, 0.4) is 0 Å². The molecule has 3 amide bonds. The van der Waals surface area contributed by atoms with Crippen LogP contribution in [0.25, 0.3) is 0 Å². The van der Waals surface area contributed by atoms with Gasteiger partial charge in [0.05, 0.1) is 35.9 Å². The molecule has 2 heterocycles. The van der Waals surface area contributed by atoms with Crippen LogP contribution in [-0.2, 0) is 36.1 Å². The molecule has 1 saturated heterocycles. The topological polar surface area (TPSA) is 125 Å². The molecule has 13 heteroatoms. The van der Waals surface area contributed by atoms with Crippen molar-refractivity contribution in [2.75, 3.05) is 17.2 Å². The zero-order valence-corrected chi connectivity index (χ0v) is 24.9. The normalized spacial score (nSPS) is 22.6. The molecular formula is C29H23Cl4N3O6. The van der Waals surface area contributed by atoms with E-state index in [4.69, 9.17) is 51.1 Å². The van der Waals surface area contributed by atoms with E-state index in [1.807, 2.05) is 30.3 Å². The Morgan fingerprint density at radius 1 is 1.00 bits per heavy atom. The first-order valence-electron chi connectivity index (χ1n) is 12.7. The Bertz CT molecular complexity index is 1580. The number of rotatable bonds is 7. The van der Waals surface area contributed by atoms with E-state index in [-0.39, 0.29) is 50.2 Å². The van der Waals surface area contributed by atoms with E-state index in [2.05, 4.69) is 10.6 Å². The highest BCUT2D eigenvalue weighted by Gasteiger charge is 2.71. The maximum atomic E-state index is 14.0. The summed E-state index contributed by atoms with van der Waals surface area (Å²) in [5, 5.41) is 16.6. The molecule has 0 bridgehead atoms. The molecule has 9 nitrogen and oxygen atoms in total. The number of hydrogen-bond donors (Lipinski definition) is 3. The Kier molecular flexibility index (Phi) is 8.42. The minimum absolute atomic E-state index is 0.0497. The van der Waals surface area contributed by atoms with E-state index >= 15 is 0 Å². The summed E-state index contributed by atoms with van der Waals surface area (Å²) in [6.45, 7) is 1.02. The van der Waals surface area contributed by atoms with E-state index in [0.29, 0.717) is 0 Å². The van der Waals surface area contributed by atoms with Gasteiger partial charge in [-0.25, -0.2) is 0 Å². The average molecular weight is 651 g/mol. The standard InChI is InChI=1S/C29H23Cl4N3O6/c1-14(37)36-22(13-42-12-15-5-3-2-4-6-15)23(26(38)34-19-8-16(30)7-17(31)9-19)24(27(39)40)29(36)20-10-18(32)11-21(33)25(20)35-28(29)41/h2-11,22-24H,12-13H2,1H3,(H,34,38)(H,35,41)(H,39,40). The van der Waals surface area contributed by atoms with Crippen molar-refractivity contribution in [2.24, 2.45) is 11.8 Å². The van der Waals surface area contributed by atoms with Gasteiger partial charge < -0.3 is 25.4 Å². The van der Waals surface area contributed by atoms with Crippen LogP contribution in [-0.4, -0.2) is 46.3 Å². The van der Waals surface area contributed by atoms with Crippen molar-refractivity contribution in [3.63, 3.8) is 0 Å². The summed E-state index contributed by atoms with van der Waals surface area (Å²) in [5.41, 5.74) is -0.984. The number of hydrogen-bond acceptors (Lipinski definition) is 5. The number of halogens is 4. The molecule has 1 spiro atoms. The molecule has 3 N–H and O–H groups in total. The predicted octanol–water partition coefficient (Wildman–Crippen LogP) is 5.85. The van der Waals surface area contributed by atoms with Crippen LogP contribution in [0.1, 0.15) is 18.1 Å². The number of carbonyl (C=O) groups excluding carboxylic acids is 3. The van der Waals surface area contributed by atoms with Gasteiger partial charge in [-0.15, -0.1) is 0 Å². The second-order valence-electron chi connectivity index (χ2n) is 9.98. The average Bonchev–Trinajstić information content (AvgIpc) is 3.37. The molecule has 42 heavy (non-hydrogen) atoms. The lowest BCUT2D eigenvalue weighted by molar-refractivity contribution is -0.155. The van der Waals surface area contributed by atoms with Crippen molar-refractivity contribution in [2.45, 2.75) is 25.1 Å². The molecule has 1 fully saturated rings. The molecule has 0 radical (unpaired) electrons. The highest BCUT2D eigenvalue weighted by atomic mass is 35.5. The van der Waals surface area contributed by atoms with Gasteiger partial charge in [0.25, 0.3) is 5.91 Å². The summed E-state index contributed by atoms with van der Waals surface area (Å²) in [5.74, 6) is -7.01. The van der Waals surface area contributed by atoms with Gasteiger partial charge in [-0.2, -0.15) is 0 Å². The quantitative estimate of drug-likeness (QED) is 0.295. The SMILES string of the molecule is CC(=O)N1C(COCc2ccccc2)C(C(=O)Nc2cc(Cl)cc(Cl)c2)C(C(=O)O)C12C(=O)Nc1c(Cl)cc(Cl)cc12. The van der Waals surface area contributed by atoms with Crippen LogP contribution in [0.2, 0.25) is 20.1 Å². The third-order valence-corrected chi connectivity index (χ3v) is 8.38. The molecule has 0 aliphatic carbocycles. The fourth-order valence-corrected chi connectivity index (χ4v) is 7.04. The number of fused-ring (bicyclic) bond motifs is 2. The largest absolute Gasteiger partial charge is 0.481 e. The number of carboxylic acids is 1. The third kappa shape index (κ3) is 5.20. The van der Waals surface area contributed by atoms with E-state index in [1.165, 1.54) is 37.3 Å². The first-order valence-corrected chi connectivity index (χ1v) is 14.2. The highest BCUT2D eigenvalue weighted by molar-refractivity contribution is 6.38. The van der Waals surface area contributed by atoms with Crippen LogP contribution in [0.4, 0.5) is 11.4 Å². The van der Waals surface area contributed by atoms with Crippen molar-refractivity contribution in [3.05, 3.63) is 91.9 Å². The number of aliphatic carboxylic acids is 1. The van der Waals surface area contributed by atoms with Crippen LogP contribution in [0.15, 0.2) is 60.7 Å². The molecule has 5 rings (SSSR count). The van der Waals surface area contributed by atoms with E-state index in [1.54, 1.807) is 0 Å². The molecule has 2 aliphatic heterocycles. The molecule has 0 saturated carbocycles. The van der Waals surface area contributed by atoms with Crippen LogP contribution < -0.4 is 10.6 Å². The van der Waals surface area contributed by atoms with Gasteiger partial charge in [0, 0.05) is 33.2 Å². The number of nitrogens with zero attached hydrogens (tertiary/aromatic N) is 1. The fraction of sp³-hybridized carbons (Fsp3) is 0.241. The molecule has 4 unspecified atom stereocenters. The minimum Gasteiger partial charge on any atom is -0.481 e. The van der Waals surface area contributed by atoms with Gasteiger partial charge in [-0.3, -0.25) is 19.2 Å². The van der Waals surface area contributed by atoms with Crippen molar-refractivity contribution in [3.8, 4) is 0 Å². The molecular weight excluding hydrogens is 628 g/mol. The van der Waals surface area contributed by atoms with Crippen molar-refractivity contribution < 1.29 is 29.0 Å². The van der Waals surface area contributed by atoms with Crippen molar-refractivity contribution in [1.82, 2.24) is 4.90 Å². The number of benzene rings is 3. The van der Waals surface area contributed by atoms with Gasteiger partial charge in [0.2, 0.25) is 11.8 Å². The van der Waals surface area contributed by atoms with Crippen molar-refractivity contribution in [1.29, 1.82) is 0 Å². The molecule has 2 aliphatic rings. The fourth-order valence-electron chi connectivity index (χ4n) is 5.98. The third-order valence-electron chi connectivity index (χ3n) is 7.42. The number of nitrogens with one attached hydrogen (secondary N) is 2. The van der Waals surface area contributed by atoms with Crippen LogP contribution >= 0.6 is 46.4 Å². The zero-order chi connectivity index (χ0) is 30.3. The van der Waals surface area contributed by atoms with Crippen LogP contribution in [0, 0.1) is 11.8 Å². The first-order chi connectivity index (χ1) is 19.9. The van der Waals surface area contributed by atoms with Crippen LogP contribution in [0.5, 0.6) is 0 Å². The molecule has 4 atom stereocenters. The van der Waals surface area contributed by atoms with Gasteiger partial charge >= 0.3 is 5.97 Å². The number of carbonyl (C=O) groups is 4. The summed E-state index contributed by atoms with van der Waals surface area (Å²) < 4.78 is 5.96. The maximum absolute atomic E-state index is 14.0. The van der Waals surface area contributed by atoms with E-state index in [9.17, 15) is 24.3 Å². The molecule has 0 aromatic heterocycles. The second-order valence-corrected chi connectivity index (χ2v) is 11.7. The lowest BCUT2D eigenvalue weighted by Crippen LogP contribution is -2.56. The number of ether oxygens (including phenoxy) is 1. The first kappa shape index (κ1) is 30.1. The van der Waals surface area contributed by atoms with Gasteiger partial charge in [-0.1, -0.05) is 76.7 Å². The minimum atomic E-state index is -2.17. The summed E-state index contributed by atoms with van der Waals surface area (Å²) in [6.07, 6.45) is 0. The monoisotopic (exact) mass is 649 g/mol. The lowest BCUT2D eigenvalue weighted by atomic mass is 9.74. The van der Waals surface area contributed by atoms with Gasteiger partial charge in [0.15, 0.2) is 5.54 Å². The number of likely N-dealkylation sites (tertiary alicyclic amines) is 1. The number of carboxylic acid groups (broad SMARTS) is 1. The smallest absolute Gasteiger partial charge is 0.310 e. The number of anilines is 2. The van der Waals surface area contributed by atoms with Gasteiger partial charge in [0.1, 0.15) is 5.92 Å². The predicted molar refractivity (Wildman–Crippen MR) is 159 cm³/mol. The Morgan fingerprint density at radius 3 is 2.26 bits per heavy atom. The Labute approximate surface area is 260 Å². The summed E-state index contributed by atoms with van der Waals surface area (Å²) >= 11 is 24.9. The van der Waals surface area contributed by atoms with Crippen molar-refractivity contribution >= 4 is 81.5 Å². The summed E-state index contributed by atoms with van der Waals surface area (Å²) in [4.78, 5) is 55.6. The Morgan fingerprint density at radius 2 is 1.64 bits per heavy atom. The maximum Gasteiger partial charge on any atom is 0.310 e. The van der Waals surface area contributed by atoms with Gasteiger partial charge in [-0.05, 0) is 35.9 Å². The Balaban J connectivity index is 1.66. The summed E-state index contributed by atoms with van der Waals surface area (Å²) in [7, 11) is 0. The Hall–Kier alpha value is -3.34. The molecule has 3 aromatic carbocycles. The second kappa shape index (κ2) is 11.7. The molecule has 3 aromatic rings. The molecule has 218 valence electrons. The highest BCUT2D eigenvalue weighted by Crippen LogP contribution is 2.57.